The molecule has 31 heavy (non-hydrogen) atoms. The molecule has 0 spiro atoms. The molecule has 3 aliphatic rings. The third kappa shape index (κ3) is 6.81. The standard InChI is InChI=1S/C25H41N5.HI/c1-26-25(28-22-16-23-12-9-13-24(17-22)29(23)2)27-18-20-10-5-6-11-21(20)19-30-14-7-3-4-8-15-30;/h5-6,10-11,22-24H,3-4,7-9,12-19H2,1-2H3,(H2,26,27,28);1H. The summed E-state index contributed by atoms with van der Waals surface area (Å²) in [5.41, 5.74) is 2.85. The molecule has 0 saturated carbocycles. The maximum atomic E-state index is 4.54. The molecule has 0 amide bonds. The van der Waals surface area contributed by atoms with Crippen LogP contribution in [0.2, 0.25) is 0 Å². The van der Waals surface area contributed by atoms with Crippen LogP contribution in [-0.2, 0) is 13.1 Å². The van der Waals surface area contributed by atoms with Gasteiger partial charge in [-0.1, -0.05) is 43.5 Å². The van der Waals surface area contributed by atoms with Crippen molar-refractivity contribution in [3.8, 4) is 0 Å². The van der Waals surface area contributed by atoms with E-state index < -0.39 is 0 Å². The van der Waals surface area contributed by atoms with E-state index >= 15 is 0 Å². The lowest BCUT2D eigenvalue weighted by atomic mass is 9.82. The van der Waals surface area contributed by atoms with Crippen LogP contribution in [0.1, 0.15) is 68.9 Å². The number of benzene rings is 1. The van der Waals surface area contributed by atoms with E-state index in [9.17, 15) is 0 Å². The van der Waals surface area contributed by atoms with Crippen LogP contribution in [0.4, 0.5) is 0 Å². The molecule has 174 valence electrons. The van der Waals surface area contributed by atoms with Gasteiger partial charge in [-0.3, -0.25) is 9.89 Å². The number of hydrogen-bond donors (Lipinski definition) is 2. The SMILES string of the molecule is CN=C(NCc1ccccc1CN1CCCCCC1)NC1CC2CCCC(C1)N2C.I. The topological polar surface area (TPSA) is 42.9 Å². The Bertz CT molecular complexity index is 687. The number of nitrogens with one attached hydrogen (secondary N) is 2. The van der Waals surface area contributed by atoms with E-state index in [1.807, 2.05) is 7.05 Å². The average molecular weight is 540 g/mol. The lowest BCUT2D eigenvalue weighted by Crippen LogP contribution is -2.56. The van der Waals surface area contributed by atoms with Gasteiger partial charge in [-0.05, 0) is 69.8 Å². The fourth-order valence-corrected chi connectivity index (χ4v) is 5.72. The molecule has 5 nitrogen and oxygen atoms in total. The summed E-state index contributed by atoms with van der Waals surface area (Å²) >= 11 is 0. The summed E-state index contributed by atoms with van der Waals surface area (Å²) in [5, 5.41) is 7.34. The monoisotopic (exact) mass is 539 g/mol. The Hall–Kier alpha value is -0.860. The van der Waals surface area contributed by atoms with Crippen molar-refractivity contribution in [2.45, 2.75) is 89.0 Å². The third-order valence-electron chi connectivity index (χ3n) is 7.56. The van der Waals surface area contributed by atoms with Crippen molar-refractivity contribution in [3.05, 3.63) is 35.4 Å². The van der Waals surface area contributed by atoms with E-state index in [4.69, 9.17) is 0 Å². The van der Waals surface area contributed by atoms with E-state index in [1.54, 1.807) is 0 Å². The largest absolute Gasteiger partial charge is 0.354 e. The highest BCUT2D eigenvalue weighted by molar-refractivity contribution is 14.0. The quantitative estimate of drug-likeness (QED) is 0.332. The number of guanidine groups is 1. The van der Waals surface area contributed by atoms with Crippen molar-refractivity contribution in [2.75, 3.05) is 27.2 Å². The molecule has 0 aliphatic carbocycles. The Morgan fingerprint density at radius 1 is 0.968 bits per heavy atom. The van der Waals surface area contributed by atoms with Crippen molar-refractivity contribution in [3.63, 3.8) is 0 Å². The second-order valence-electron chi connectivity index (χ2n) is 9.60. The number of nitrogens with zero attached hydrogens (tertiary/aromatic N) is 3. The molecule has 1 aromatic rings. The smallest absolute Gasteiger partial charge is 0.191 e. The molecule has 3 aliphatic heterocycles. The minimum absolute atomic E-state index is 0. The number of fused-ring (bicyclic) bond motifs is 2. The normalized spacial score (nSPS) is 27.8. The number of halogens is 1. The second kappa shape index (κ2) is 12.4. The van der Waals surface area contributed by atoms with Crippen LogP contribution in [0.25, 0.3) is 0 Å². The van der Waals surface area contributed by atoms with Crippen LogP contribution in [0.5, 0.6) is 0 Å². The highest BCUT2D eigenvalue weighted by atomic mass is 127. The van der Waals surface area contributed by atoms with Crippen LogP contribution < -0.4 is 10.6 Å². The summed E-state index contributed by atoms with van der Waals surface area (Å²) < 4.78 is 0. The van der Waals surface area contributed by atoms with Crippen LogP contribution in [-0.4, -0.2) is 61.1 Å². The summed E-state index contributed by atoms with van der Waals surface area (Å²) in [4.78, 5) is 9.80. The van der Waals surface area contributed by atoms with Crippen molar-refractivity contribution >= 4 is 29.9 Å². The highest BCUT2D eigenvalue weighted by Gasteiger charge is 2.36. The fourth-order valence-electron chi connectivity index (χ4n) is 5.72. The molecule has 2 N–H and O–H groups in total. The summed E-state index contributed by atoms with van der Waals surface area (Å²) in [6, 6.07) is 10.9. The van der Waals surface area contributed by atoms with Gasteiger partial charge in [0.2, 0.25) is 0 Å². The van der Waals surface area contributed by atoms with Gasteiger partial charge in [0.15, 0.2) is 5.96 Å². The first-order valence-corrected chi connectivity index (χ1v) is 12.2. The van der Waals surface area contributed by atoms with Gasteiger partial charge in [0.1, 0.15) is 0 Å². The highest BCUT2D eigenvalue weighted by Crippen LogP contribution is 2.32. The molecule has 3 saturated heterocycles. The molecule has 3 heterocycles. The summed E-state index contributed by atoms with van der Waals surface area (Å²) in [5.74, 6) is 0.951. The summed E-state index contributed by atoms with van der Waals surface area (Å²) in [7, 11) is 4.22. The molecule has 2 unspecified atom stereocenters. The van der Waals surface area contributed by atoms with Gasteiger partial charge < -0.3 is 15.5 Å². The molecular formula is C25H42IN5. The molecule has 6 heteroatoms. The molecule has 0 radical (unpaired) electrons. The van der Waals surface area contributed by atoms with Gasteiger partial charge in [0.25, 0.3) is 0 Å². The van der Waals surface area contributed by atoms with E-state index in [1.165, 1.54) is 82.0 Å². The Balaban J connectivity index is 0.00000272. The molecule has 2 bridgehead atoms. The van der Waals surface area contributed by atoms with Crippen molar-refractivity contribution in [1.29, 1.82) is 0 Å². The Morgan fingerprint density at radius 2 is 1.61 bits per heavy atom. The summed E-state index contributed by atoms with van der Waals surface area (Å²) in [6.45, 7) is 4.39. The Morgan fingerprint density at radius 3 is 2.26 bits per heavy atom. The van der Waals surface area contributed by atoms with Crippen LogP contribution in [0.3, 0.4) is 0 Å². The number of aliphatic imine (C=N–C) groups is 1. The molecule has 3 fully saturated rings. The number of hydrogen-bond acceptors (Lipinski definition) is 3. The van der Waals surface area contributed by atoms with Crippen molar-refractivity contribution in [1.82, 2.24) is 20.4 Å². The molecule has 2 atom stereocenters. The van der Waals surface area contributed by atoms with Gasteiger partial charge in [-0.2, -0.15) is 0 Å². The minimum Gasteiger partial charge on any atom is -0.354 e. The predicted octanol–water partition coefficient (Wildman–Crippen LogP) is 4.36. The zero-order valence-electron chi connectivity index (χ0n) is 19.5. The van der Waals surface area contributed by atoms with Crippen LogP contribution in [0, 0.1) is 0 Å². The Kier molecular flexibility index (Phi) is 9.91. The first-order valence-electron chi connectivity index (χ1n) is 12.2. The zero-order chi connectivity index (χ0) is 20.8. The average Bonchev–Trinajstić information content (AvgIpc) is 3.01. The maximum Gasteiger partial charge on any atom is 0.191 e. The molecular weight excluding hydrogens is 497 g/mol. The van der Waals surface area contributed by atoms with Gasteiger partial charge in [0.05, 0.1) is 0 Å². The van der Waals surface area contributed by atoms with E-state index in [-0.39, 0.29) is 24.0 Å². The van der Waals surface area contributed by atoms with E-state index in [0.717, 1.165) is 31.1 Å². The van der Waals surface area contributed by atoms with Crippen molar-refractivity contribution < 1.29 is 0 Å². The maximum absolute atomic E-state index is 4.54. The zero-order valence-corrected chi connectivity index (χ0v) is 21.8. The molecule has 1 aromatic carbocycles. The van der Waals surface area contributed by atoms with E-state index in [0.29, 0.717) is 6.04 Å². The van der Waals surface area contributed by atoms with E-state index in [2.05, 4.69) is 56.7 Å². The predicted molar refractivity (Wildman–Crippen MR) is 141 cm³/mol. The fraction of sp³-hybridized carbons (Fsp3) is 0.720. The number of piperidine rings is 2. The summed E-state index contributed by atoms with van der Waals surface area (Å²) in [6.07, 6.45) is 12.0. The third-order valence-corrected chi connectivity index (χ3v) is 7.56. The lowest BCUT2D eigenvalue weighted by molar-refractivity contribution is 0.0526. The van der Waals surface area contributed by atoms with Gasteiger partial charge in [-0.25, -0.2) is 0 Å². The van der Waals surface area contributed by atoms with Crippen LogP contribution in [0.15, 0.2) is 29.3 Å². The molecule has 0 aromatic heterocycles. The first-order chi connectivity index (χ1) is 14.7. The minimum atomic E-state index is 0. The van der Waals surface area contributed by atoms with Gasteiger partial charge in [-0.15, -0.1) is 24.0 Å². The number of likely N-dealkylation sites (tertiary alicyclic amines) is 1. The van der Waals surface area contributed by atoms with Gasteiger partial charge in [0, 0.05) is 38.3 Å². The van der Waals surface area contributed by atoms with Crippen molar-refractivity contribution in [2.24, 2.45) is 4.99 Å². The first kappa shape index (κ1) is 24.8. The van der Waals surface area contributed by atoms with Gasteiger partial charge >= 0.3 is 0 Å². The molecule has 4 rings (SSSR count). The van der Waals surface area contributed by atoms with Crippen LogP contribution >= 0.6 is 24.0 Å². The number of rotatable bonds is 5. The Labute approximate surface area is 206 Å². The second-order valence-corrected chi connectivity index (χ2v) is 9.60. The lowest BCUT2D eigenvalue weighted by Gasteiger charge is -2.47.